The van der Waals surface area contributed by atoms with Crippen molar-refractivity contribution in [3.05, 3.63) is 35.9 Å². The average molecular weight is 628 g/mol. The van der Waals surface area contributed by atoms with Crippen molar-refractivity contribution in [2.75, 3.05) is 6.61 Å². The molecule has 0 aromatic heterocycles. The van der Waals surface area contributed by atoms with Gasteiger partial charge in [0.25, 0.3) is 10.1 Å². The third-order valence-electron chi connectivity index (χ3n) is 4.30. The SMILES string of the molecule is O=S(=O)(Cc1ccccc1)OCCCCC(F)(F)OC(F)(F)C(F)(F)OC(F)(F)C(F)(F)C(F)(F)C(F)(F)F. The van der Waals surface area contributed by atoms with E-state index in [-0.39, 0.29) is 5.56 Å². The molecule has 0 amide bonds. The molecule has 0 aliphatic heterocycles. The molecular weight excluding hydrogens is 613 g/mol. The summed E-state index contributed by atoms with van der Waals surface area (Å²) < 4.78 is 226. The minimum Gasteiger partial charge on any atom is -0.270 e. The van der Waals surface area contributed by atoms with Gasteiger partial charge in [0.15, 0.2) is 0 Å². The molecule has 0 bridgehead atoms. The molecule has 0 saturated carbocycles. The molecule has 1 rings (SSSR count). The molecule has 0 spiro atoms. The van der Waals surface area contributed by atoms with Crippen LogP contribution < -0.4 is 0 Å². The van der Waals surface area contributed by atoms with Gasteiger partial charge in [-0.1, -0.05) is 30.3 Å². The van der Waals surface area contributed by atoms with Crippen molar-refractivity contribution in [1.82, 2.24) is 0 Å². The summed E-state index contributed by atoms with van der Waals surface area (Å²) in [5.41, 5.74) is 0.258. The highest BCUT2D eigenvalue weighted by atomic mass is 32.2. The number of hydrogen-bond donors (Lipinski definition) is 0. The lowest BCUT2D eigenvalue weighted by Crippen LogP contribution is -2.64. The molecule has 0 aliphatic carbocycles. The fourth-order valence-electron chi connectivity index (χ4n) is 2.38. The van der Waals surface area contributed by atoms with Crippen LogP contribution in [0.5, 0.6) is 0 Å². The number of rotatable bonds is 15. The van der Waals surface area contributed by atoms with E-state index >= 15 is 0 Å². The zero-order valence-electron chi connectivity index (χ0n) is 18.5. The summed E-state index contributed by atoms with van der Waals surface area (Å²) in [6, 6.07) is 7.27. The maximum absolute atomic E-state index is 13.6. The Hall–Kier alpha value is -2.00. The van der Waals surface area contributed by atoms with Gasteiger partial charge in [-0.2, -0.15) is 74.3 Å². The Morgan fingerprint density at radius 2 is 1.10 bits per heavy atom. The van der Waals surface area contributed by atoms with Crippen LogP contribution in [-0.4, -0.2) is 57.5 Å². The quantitative estimate of drug-likeness (QED) is 0.120. The van der Waals surface area contributed by atoms with Gasteiger partial charge in [-0.3, -0.25) is 4.18 Å². The summed E-state index contributed by atoms with van der Waals surface area (Å²) >= 11 is 0. The third-order valence-corrected chi connectivity index (χ3v) is 5.51. The lowest BCUT2D eigenvalue weighted by molar-refractivity contribution is -0.542. The minimum atomic E-state index is -7.93. The summed E-state index contributed by atoms with van der Waals surface area (Å²) in [6.45, 7) is -0.838. The van der Waals surface area contributed by atoms with Gasteiger partial charge in [0.05, 0.1) is 6.61 Å². The normalized spacial score (nSPS) is 15.1. The van der Waals surface area contributed by atoms with Crippen LogP contribution in [0.4, 0.5) is 65.9 Å². The highest BCUT2D eigenvalue weighted by Crippen LogP contribution is 2.56. The predicted octanol–water partition coefficient (Wildman–Crippen LogP) is 6.94. The second-order valence-electron chi connectivity index (χ2n) is 7.51. The van der Waals surface area contributed by atoms with Gasteiger partial charge in [-0.05, 0) is 18.4 Å². The van der Waals surface area contributed by atoms with E-state index in [0.29, 0.717) is 0 Å². The van der Waals surface area contributed by atoms with Gasteiger partial charge in [-0.15, -0.1) is 0 Å². The molecule has 1 aromatic rings. The Kier molecular flexibility index (Phi) is 10.3. The Balaban J connectivity index is 2.78. The number of hydrogen-bond acceptors (Lipinski definition) is 5. The smallest absolute Gasteiger partial charge is 0.270 e. The lowest BCUT2D eigenvalue weighted by Gasteiger charge is -2.36. The molecule has 5 nitrogen and oxygen atoms in total. The molecule has 0 fully saturated rings. The largest absolute Gasteiger partial charge is 0.460 e. The predicted molar refractivity (Wildman–Crippen MR) is 96.8 cm³/mol. The molecule has 0 atom stereocenters. The van der Waals surface area contributed by atoms with E-state index in [4.69, 9.17) is 0 Å². The fraction of sp³-hybridized carbons (Fsp3) is 0.667. The van der Waals surface area contributed by atoms with E-state index in [2.05, 4.69) is 8.92 Å². The van der Waals surface area contributed by atoms with Crippen LogP contribution in [0, 0.1) is 0 Å². The van der Waals surface area contributed by atoms with Crippen LogP contribution in [0.15, 0.2) is 30.3 Å². The number of ether oxygens (including phenoxy) is 2. The Morgan fingerprint density at radius 3 is 1.59 bits per heavy atom. The highest BCUT2D eigenvalue weighted by molar-refractivity contribution is 7.85. The van der Waals surface area contributed by atoms with Crippen molar-refractivity contribution in [2.24, 2.45) is 0 Å². The first-order valence-electron chi connectivity index (χ1n) is 9.85. The minimum absolute atomic E-state index is 0.258. The third kappa shape index (κ3) is 8.74. The van der Waals surface area contributed by atoms with Crippen molar-refractivity contribution in [3.8, 4) is 0 Å². The van der Waals surface area contributed by atoms with Gasteiger partial charge < -0.3 is 0 Å². The standard InChI is InChI=1S/C18H15F15O5S/c19-12(20,8-4-5-9-36-39(34,35)10-11-6-2-1-3-7-11)37-17(30,31)18(32,33)38-16(28,29)14(23,24)13(21,22)15(25,26)27/h1-3,6-7H,4-5,8-10H2. The molecular formula is C18H15F15O5S. The van der Waals surface area contributed by atoms with E-state index < -0.39 is 84.2 Å². The monoisotopic (exact) mass is 628 g/mol. The van der Waals surface area contributed by atoms with Crippen molar-refractivity contribution in [1.29, 1.82) is 0 Å². The van der Waals surface area contributed by atoms with Crippen LogP contribution in [-0.2, 0) is 29.5 Å². The number of unbranched alkanes of at least 4 members (excludes halogenated alkanes) is 1. The van der Waals surface area contributed by atoms with E-state index in [1.807, 2.05) is 0 Å². The molecule has 0 saturated heterocycles. The van der Waals surface area contributed by atoms with Crippen LogP contribution in [0.25, 0.3) is 0 Å². The summed E-state index contributed by atoms with van der Waals surface area (Å²) in [5.74, 6) is -16.4. The van der Waals surface area contributed by atoms with E-state index in [1.54, 1.807) is 6.07 Å². The van der Waals surface area contributed by atoms with Gasteiger partial charge in [0.2, 0.25) is 0 Å². The first kappa shape index (κ1) is 35.0. The van der Waals surface area contributed by atoms with Crippen LogP contribution in [0.1, 0.15) is 24.8 Å². The zero-order valence-corrected chi connectivity index (χ0v) is 19.4. The molecule has 228 valence electrons. The first-order valence-corrected chi connectivity index (χ1v) is 11.4. The molecule has 21 heteroatoms. The molecule has 0 heterocycles. The molecule has 1 aromatic carbocycles. The highest BCUT2D eigenvalue weighted by Gasteiger charge is 2.85. The summed E-state index contributed by atoms with van der Waals surface area (Å²) in [6.07, 6.45) is -38.6. The molecule has 0 aliphatic rings. The van der Waals surface area contributed by atoms with E-state index in [9.17, 15) is 74.3 Å². The van der Waals surface area contributed by atoms with Crippen LogP contribution in [0.3, 0.4) is 0 Å². The molecule has 0 radical (unpaired) electrons. The van der Waals surface area contributed by atoms with E-state index in [0.717, 1.165) is 0 Å². The molecule has 39 heavy (non-hydrogen) atoms. The van der Waals surface area contributed by atoms with Crippen LogP contribution >= 0.6 is 0 Å². The summed E-state index contributed by atoms with van der Waals surface area (Å²) in [5, 5.41) is 0. The molecule has 0 N–H and O–H groups in total. The maximum atomic E-state index is 13.6. The average Bonchev–Trinajstić information content (AvgIpc) is 2.71. The maximum Gasteiger partial charge on any atom is 0.460 e. The topological polar surface area (TPSA) is 61.8 Å². The lowest BCUT2D eigenvalue weighted by atomic mass is 10.1. The second kappa shape index (κ2) is 11.5. The van der Waals surface area contributed by atoms with Crippen molar-refractivity contribution in [3.63, 3.8) is 0 Å². The second-order valence-corrected chi connectivity index (χ2v) is 9.14. The van der Waals surface area contributed by atoms with E-state index in [1.165, 1.54) is 29.0 Å². The van der Waals surface area contributed by atoms with Gasteiger partial charge in [-0.25, -0.2) is 9.47 Å². The van der Waals surface area contributed by atoms with Gasteiger partial charge in [0, 0.05) is 6.42 Å². The first-order chi connectivity index (χ1) is 17.2. The Labute approximate surface area is 208 Å². The van der Waals surface area contributed by atoms with Crippen LogP contribution in [0.2, 0.25) is 0 Å². The van der Waals surface area contributed by atoms with Gasteiger partial charge >= 0.3 is 42.5 Å². The zero-order chi connectivity index (χ0) is 30.8. The summed E-state index contributed by atoms with van der Waals surface area (Å²) in [4.78, 5) is 0. The number of benzene rings is 1. The summed E-state index contributed by atoms with van der Waals surface area (Å²) in [7, 11) is -4.26. The molecule has 0 unspecified atom stereocenters. The van der Waals surface area contributed by atoms with Gasteiger partial charge in [0.1, 0.15) is 5.75 Å². The number of halogens is 15. The van der Waals surface area contributed by atoms with Crippen molar-refractivity contribution in [2.45, 2.75) is 67.5 Å². The number of alkyl halides is 15. The van der Waals surface area contributed by atoms with Crippen molar-refractivity contribution >= 4 is 10.1 Å². The Morgan fingerprint density at radius 1 is 0.615 bits per heavy atom. The fourth-order valence-corrected chi connectivity index (χ4v) is 3.44. The Bertz CT molecular complexity index is 1040. The van der Waals surface area contributed by atoms with Crippen molar-refractivity contribution < 1.29 is 87.9 Å².